The van der Waals surface area contributed by atoms with Crippen molar-refractivity contribution in [3.05, 3.63) is 20.2 Å². The Kier molecular flexibility index (Phi) is 18.3. The van der Waals surface area contributed by atoms with E-state index in [-0.39, 0.29) is 22.9 Å². The molecule has 0 amide bonds. The van der Waals surface area contributed by atoms with Gasteiger partial charge in [0.05, 0.1) is 13.1 Å². The van der Waals surface area contributed by atoms with E-state index in [2.05, 4.69) is 0 Å². The van der Waals surface area contributed by atoms with Gasteiger partial charge in [0.25, 0.3) is 0 Å². The molecule has 0 aliphatic carbocycles. The Bertz CT molecular complexity index is 513. The van der Waals surface area contributed by atoms with Gasteiger partial charge in [-0.25, -0.2) is 0 Å². The Labute approximate surface area is 208 Å². The average Bonchev–Trinajstić information content (AvgIpc) is 2.75. The Balaban J connectivity index is 3.86. The van der Waals surface area contributed by atoms with Crippen molar-refractivity contribution in [2.24, 2.45) is 5.73 Å². The minimum Gasteiger partial charge on any atom is -0.330 e. The van der Waals surface area contributed by atoms with Gasteiger partial charge in [0, 0.05) is 37.5 Å². The topological polar surface area (TPSA) is 116 Å². The van der Waals surface area contributed by atoms with Gasteiger partial charge in [-0.15, -0.1) is 0 Å². The van der Waals surface area contributed by atoms with Gasteiger partial charge in [0.2, 0.25) is 11.1 Å². The standard InChI is InChI=1S/C26H54N4O4/c1-25(2,29(31)32)23-28(24-26(3,4)30(33)34)22-20-18-16-14-12-10-8-6-5-7-9-11-13-15-17-19-21-27/h5-24,27H2,1-4H3. The van der Waals surface area contributed by atoms with Crippen molar-refractivity contribution in [1.29, 1.82) is 0 Å². The molecule has 0 rings (SSSR count). The first-order valence-corrected chi connectivity index (χ1v) is 13.7. The Morgan fingerprint density at radius 1 is 0.559 bits per heavy atom. The second-order valence-corrected chi connectivity index (χ2v) is 11.3. The van der Waals surface area contributed by atoms with Crippen LogP contribution in [0.2, 0.25) is 0 Å². The Hall–Kier alpha value is -1.28. The van der Waals surface area contributed by atoms with Gasteiger partial charge in [0.1, 0.15) is 0 Å². The summed E-state index contributed by atoms with van der Waals surface area (Å²) >= 11 is 0. The van der Waals surface area contributed by atoms with Crippen molar-refractivity contribution in [2.45, 2.75) is 142 Å². The van der Waals surface area contributed by atoms with Crippen LogP contribution in [0.3, 0.4) is 0 Å². The third-order valence-corrected chi connectivity index (χ3v) is 6.64. The third kappa shape index (κ3) is 17.2. The molecule has 0 unspecified atom stereocenters. The molecule has 8 heteroatoms. The van der Waals surface area contributed by atoms with Crippen molar-refractivity contribution in [3.8, 4) is 0 Å². The maximum absolute atomic E-state index is 11.3. The van der Waals surface area contributed by atoms with Gasteiger partial charge in [-0.05, 0) is 25.9 Å². The van der Waals surface area contributed by atoms with E-state index in [0.717, 1.165) is 25.8 Å². The van der Waals surface area contributed by atoms with Gasteiger partial charge < -0.3 is 5.73 Å². The summed E-state index contributed by atoms with van der Waals surface area (Å²) in [5, 5.41) is 22.7. The molecule has 0 heterocycles. The van der Waals surface area contributed by atoms with E-state index in [9.17, 15) is 20.2 Å². The summed E-state index contributed by atoms with van der Waals surface area (Å²) in [7, 11) is 0. The molecule has 0 atom stereocenters. The quantitative estimate of drug-likeness (QED) is 0.0933. The van der Waals surface area contributed by atoms with Crippen LogP contribution in [0, 0.1) is 20.2 Å². The molecule has 0 spiro atoms. The van der Waals surface area contributed by atoms with Crippen molar-refractivity contribution in [1.82, 2.24) is 4.90 Å². The number of rotatable bonds is 24. The van der Waals surface area contributed by atoms with Crippen molar-refractivity contribution < 1.29 is 9.85 Å². The molecule has 0 aromatic rings. The zero-order valence-electron chi connectivity index (χ0n) is 22.7. The molecule has 0 aromatic heterocycles. The van der Waals surface area contributed by atoms with Crippen molar-refractivity contribution >= 4 is 0 Å². The van der Waals surface area contributed by atoms with E-state index < -0.39 is 11.1 Å². The molecule has 0 saturated carbocycles. The minimum atomic E-state index is -1.11. The van der Waals surface area contributed by atoms with Crippen molar-refractivity contribution in [3.63, 3.8) is 0 Å². The fraction of sp³-hybridized carbons (Fsp3) is 1.00. The predicted octanol–water partition coefficient (Wildman–Crippen LogP) is 6.60. The fourth-order valence-corrected chi connectivity index (χ4v) is 4.38. The molecular weight excluding hydrogens is 432 g/mol. The monoisotopic (exact) mass is 486 g/mol. The number of hydrogen-bond acceptors (Lipinski definition) is 6. The second-order valence-electron chi connectivity index (χ2n) is 11.3. The minimum absolute atomic E-state index is 0.228. The highest BCUT2D eigenvalue weighted by atomic mass is 16.6. The lowest BCUT2D eigenvalue weighted by molar-refractivity contribution is -0.569. The molecule has 0 bridgehead atoms. The Morgan fingerprint density at radius 3 is 1.09 bits per heavy atom. The summed E-state index contributed by atoms with van der Waals surface area (Å²) in [6, 6.07) is 0. The lowest BCUT2D eigenvalue weighted by Gasteiger charge is -2.30. The van der Waals surface area contributed by atoms with Gasteiger partial charge in [0.15, 0.2) is 0 Å². The first-order valence-electron chi connectivity index (χ1n) is 13.7. The summed E-state index contributed by atoms with van der Waals surface area (Å²) in [5.41, 5.74) is 3.29. The van der Waals surface area contributed by atoms with E-state index in [1.807, 2.05) is 4.90 Å². The van der Waals surface area contributed by atoms with E-state index in [0.29, 0.717) is 6.54 Å². The summed E-state index contributed by atoms with van der Waals surface area (Å²) in [4.78, 5) is 24.0. The van der Waals surface area contributed by atoms with E-state index in [1.165, 1.54) is 83.5 Å². The SMILES string of the molecule is CC(C)(CN(CCCCCCCCCCCCCCCCCCN)CC(C)(C)[N+](=O)[O-])[N+](=O)[O-]. The summed E-state index contributed by atoms with van der Waals surface area (Å²) < 4.78 is 0. The second kappa shape index (κ2) is 19.0. The Morgan fingerprint density at radius 2 is 0.824 bits per heavy atom. The highest BCUT2D eigenvalue weighted by molar-refractivity contribution is 4.79. The predicted molar refractivity (Wildman–Crippen MR) is 142 cm³/mol. The van der Waals surface area contributed by atoms with Crippen LogP contribution < -0.4 is 5.73 Å². The van der Waals surface area contributed by atoms with Crippen LogP contribution in [0.25, 0.3) is 0 Å². The molecule has 34 heavy (non-hydrogen) atoms. The number of nitrogens with two attached hydrogens (primary N) is 1. The molecule has 202 valence electrons. The maximum Gasteiger partial charge on any atom is 0.229 e. The van der Waals surface area contributed by atoms with Crippen LogP contribution in [0.1, 0.15) is 130 Å². The highest BCUT2D eigenvalue weighted by Gasteiger charge is 2.38. The molecule has 0 aromatic carbocycles. The van der Waals surface area contributed by atoms with Gasteiger partial charge in [-0.1, -0.05) is 89.9 Å². The lowest BCUT2D eigenvalue weighted by atomic mass is 10.0. The van der Waals surface area contributed by atoms with Gasteiger partial charge >= 0.3 is 0 Å². The van der Waals surface area contributed by atoms with E-state index in [4.69, 9.17) is 5.73 Å². The number of hydrogen-bond donors (Lipinski definition) is 1. The summed E-state index contributed by atoms with van der Waals surface area (Å²) in [6.07, 6.45) is 20.3. The van der Waals surface area contributed by atoms with Crippen LogP contribution >= 0.6 is 0 Å². The van der Waals surface area contributed by atoms with E-state index >= 15 is 0 Å². The van der Waals surface area contributed by atoms with E-state index in [1.54, 1.807) is 27.7 Å². The average molecular weight is 487 g/mol. The van der Waals surface area contributed by atoms with Crippen LogP contribution in [-0.4, -0.2) is 52.0 Å². The molecule has 0 fully saturated rings. The largest absolute Gasteiger partial charge is 0.330 e. The first kappa shape index (κ1) is 32.7. The molecule has 0 saturated heterocycles. The summed E-state index contributed by atoms with van der Waals surface area (Å²) in [6.45, 7) is 8.30. The summed E-state index contributed by atoms with van der Waals surface area (Å²) in [5.74, 6) is 0. The normalized spacial score (nSPS) is 12.4. The smallest absolute Gasteiger partial charge is 0.229 e. The first-order chi connectivity index (χ1) is 16.0. The van der Waals surface area contributed by atoms with Crippen LogP contribution in [0.4, 0.5) is 0 Å². The maximum atomic E-state index is 11.3. The molecule has 2 N–H and O–H groups in total. The van der Waals surface area contributed by atoms with Crippen LogP contribution in [0.5, 0.6) is 0 Å². The molecular formula is C26H54N4O4. The van der Waals surface area contributed by atoms with Crippen molar-refractivity contribution in [2.75, 3.05) is 26.2 Å². The zero-order valence-corrected chi connectivity index (χ0v) is 22.7. The van der Waals surface area contributed by atoms with Crippen LogP contribution in [-0.2, 0) is 0 Å². The van der Waals surface area contributed by atoms with Crippen LogP contribution in [0.15, 0.2) is 0 Å². The molecule has 0 aliphatic rings. The fourth-order valence-electron chi connectivity index (χ4n) is 4.38. The number of nitrogens with zero attached hydrogens (tertiary/aromatic N) is 3. The molecule has 0 aliphatic heterocycles. The third-order valence-electron chi connectivity index (χ3n) is 6.64. The van der Waals surface area contributed by atoms with Gasteiger partial charge in [-0.3, -0.25) is 25.1 Å². The highest BCUT2D eigenvalue weighted by Crippen LogP contribution is 2.18. The van der Waals surface area contributed by atoms with Gasteiger partial charge in [-0.2, -0.15) is 0 Å². The number of nitro groups is 2. The number of unbranched alkanes of at least 4 members (excludes halogenated alkanes) is 15. The molecule has 0 radical (unpaired) electrons. The lowest BCUT2D eigenvalue weighted by Crippen LogP contribution is -2.51. The zero-order chi connectivity index (χ0) is 25.9. The molecule has 8 nitrogen and oxygen atoms in total.